The number of aliphatic hydroxyl groups is 1. The van der Waals surface area contributed by atoms with Crippen LogP contribution >= 0.6 is 0 Å². The number of pyridine rings is 1. The number of nitrogens with zero attached hydrogens (tertiary/aromatic N) is 2. The van der Waals surface area contributed by atoms with E-state index < -0.39 is 0 Å². The lowest BCUT2D eigenvalue weighted by atomic mass is 10.1. The van der Waals surface area contributed by atoms with Gasteiger partial charge in [-0.05, 0) is 56.7 Å². The predicted molar refractivity (Wildman–Crippen MR) is 79.4 cm³/mol. The van der Waals surface area contributed by atoms with Crippen LogP contribution in [0, 0.1) is 5.92 Å². The Balaban J connectivity index is 2.25. The molecule has 0 spiro atoms. The van der Waals surface area contributed by atoms with Crippen molar-refractivity contribution in [2.45, 2.75) is 59.1 Å². The Kier molecular flexibility index (Phi) is 4.81. The summed E-state index contributed by atoms with van der Waals surface area (Å²) < 4.78 is 0. The minimum absolute atomic E-state index is 0.0988. The van der Waals surface area contributed by atoms with Crippen molar-refractivity contribution in [1.29, 1.82) is 0 Å². The van der Waals surface area contributed by atoms with Gasteiger partial charge in [-0.1, -0.05) is 13.3 Å². The second kappa shape index (κ2) is 6.38. The van der Waals surface area contributed by atoms with Crippen molar-refractivity contribution in [2.24, 2.45) is 5.92 Å². The first-order chi connectivity index (χ1) is 9.13. The van der Waals surface area contributed by atoms with Crippen LogP contribution < -0.4 is 4.90 Å². The molecule has 1 N–H and O–H groups in total. The van der Waals surface area contributed by atoms with Crippen molar-refractivity contribution in [3.63, 3.8) is 0 Å². The van der Waals surface area contributed by atoms with Crippen molar-refractivity contribution in [1.82, 2.24) is 4.98 Å². The van der Waals surface area contributed by atoms with E-state index in [0.29, 0.717) is 6.04 Å². The first-order valence-corrected chi connectivity index (χ1v) is 7.51. The first-order valence-electron chi connectivity index (χ1n) is 7.51. The Hall–Kier alpha value is -1.09. The van der Waals surface area contributed by atoms with Crippen LogP contribution in [0.15, 0.2) is 12.1 Å². The lowest BCUT2D eigenvalue weighted by Gasteiger charge is -2.28. The number of aryl methyl sites for hydroxylation is 1. The highest BCUT2D eigenvalue weighted by atomic mass is 16.3. The fraction of sp³-hybridized carbons (Fsp3) is 0.688. The molecule has 0 atom stereocenters. The van der Waals surface area contributed by atoms with Crippen molar-refractivity contribution in [2.75, 3.05) is 11.4 Å². The van der Waals surface area contributed by atoms with E-state index in [-0.39, 0.29) is 6.61 Å². The molecule has 3 nitrogen and oxygen atoms in total. The zero-order valence-electron chi connectivity index (χ0n) is 12.4. The second-order valence-electron chi connectivity index (χ2n) is 5.92. The number of rotatable bonds is 7. The number of hydrogen-bond acceptors (Lipinski definition) is 3. The van der Waals surface area contributed by atoms with Crippen LogP contribution in [0.25, 0.3) is 0 Å². The summed E-state index contributed by atoms with van der Waals surface area (Å²) in [6.07, 6.45) is 4.78. The highest BCUT2D eigenvalue weighted by Crippen LogP contribution is 2.32. The van der Waals surface area contributed by atoms with Crippen LogP contribution in [0.1, 0.15) is 51.3 Å². The molecule has 0 saturated heterocycles. The number of anilines is 1. The fourth-order valence-corrected chi connectivity index (χ4v) is 2.40. The zero-order chi connectivity index (χ0) is 13.8. The molecule has 0 aromatic carbocycles. The molecule has 1 aliphatic rings. The maximum absolute atomic E-state index is 9.42. The largest absolute Gasteiger partial charge is 0.392 e. The average Bonchev–Trinajstić information content (AvgIpc) is 3.19. The van der Waals surface area contributed by atoms with Crippen LogP contribution in [0.2, 0.25) is 0 Å². The van der Waals surface area contributed by atoms with Gasteiger partial charge in [0, 0.05) is 18.3 Å². The summed E-state index contributed by atoms with van der Waals surface area (Å²) in [5.41, 5.74) is 2.08. The van der Waals surface area contributed by atoms with Gasteiger partial charge in [0.25, 0.3) is 0 Å². The molecular weight excluding hydrogens is 236 g/mol. The highest BCUT2D eigenvalue weighted by molar-refractivity contribution is 5.44. The number of aliphatic hydroxyl groups excluding tert-OH is 1. The quantitative estimate of drug-likeness (QED) is 0.820. The molecule has 0 aliphatic heterocycles. The molecule has 2 rings (SSSR count). The normalized spacial score (nSPS) is 15.0. The SMILES string of the molecule is CCCc1cc(CO)cc(N(CC2CC2)C(C)C)n1. The molecule has 0 bridgehead atoms. The van der Waals surface area contributed by atoms with Gasteiger partial charge in [0.1, 0.15) is 5.82 Å². The van der Waals surface area contributed by atoms with Gasteiger partial charge in [0.2, 0.25) is 0 Å². The van der Waals surface area contributed by atoms with E-state index in [0.717, 1.165) is 42.4 Å². The Morgan fingerprint density at radius 1 is 1.37 bits per heavy atom. The topological polar surface area (TPSA) is 36.4 Å². The van der Waals surface area contributed by atoms with Crippen LogP contribution in [-0.4, -0.2) is 22.7 Å². The molecule has 19 heavy (non-hydrogen) atoms. The molecule has 0 amide bonds. The molecule has 0 radical (unpaired) electrons. The minimum atomic E-state index is 0.0988. The highest BCUT2D eigenvalue weighted by Gasteiger charge is 2.26. The molecule has 1 fully saturated rings. The Bertz CT molecular complexity index is 413. The van der Waals surface area contributed by atoms with E-state index in [2.05, 4.69) is 25.7 Å². The van der Waals surface area contributed by atoms with Crippen molar-refractivity contribution >= 4 is 5.82 Å². The second-order valence-corrected chi connectivity index (χ2v) is 5.92. The van der Waals surface area contributed by atoms with E-state index in [1.54, 1.807) is 0 Å². The van der Waals surface area contributed by atoms with Crippen LogP contribution in [-0.2, 0) is 13.0 Å². The smallest absolute Gasteiger partial charge is 0.129 e. The molecule has 3 heteroatoms. The molecule has 1 saturated carbocycles. The van der Waals surface area contributed by atoms with Gasteiger partial charge in [-0.3, -0.25) is 0 Å². The summed E-state index contributed by atoms with van der Waals surface area (Å²) in [6.45, 7) is 7.80. The van der Waals surface area contributed by atoms with Crippen molar-refractivity contribution in [3.8, 4) is 0 Å². The van der Waals surface area contributed by atoms with Gasteiger partial charge < -0.3 is 10.0 Å². The lowest BCUT2D eigenvalue weighted by molar-refractivity contribution is 0.281. The van der Waals surface area contributed by atoms with Crippen molar-refractivity contribution < 1.29 is 5.11 Å². The Morgan fingerprint density at radius 2 is 2.11 bits per heavy atom. The zero-order valence-corrected chi connectivity index (χ0v) is 12.4. The molecule has 1 heterocycles. The van der Waals surface area contributed by atoms with Gasteiger partial charge in [-0.2, -0.15) is 0 Å². The Labute approximate surface area is 116 Å². The summed E-state index contributed by atoms with van der Waals surface area (Å²) >= 11 is 0. The van der Waals surface area contributed by atoms with Crippen molar-refractivity contribution in [3.05, 3.63) is 23.4 Å². The number of aromatic nitrogens is 1. The summed E-state index contributed by atoms with van der Waals surface area (Å²) in [5, 5.41) is 9.42. The van der Waals surface area contributed by atoms with Crippen LogP contribution in [0.5, 0.6) is 0 Å². The molecule has 0 unspecified atom stereocenters. The predicted octanol–water partition coefficient (Wildman–Crippen LogP) is 3.15. The standard InChI is InChI=1S/C16H26N2O/c1-4-5-15-8-14(11-19)9-16(17-15)18(12(2)3)10-13-6-7-13/h8-9,12-13,19H,4-7,10-11H2,1-3H3. The molecular formula is C16H26N2O. The third-order valence-electron chi connectivity index (χ3n) is 3.68. The van der Waals surface area contributed by atoms with Gasteiger partial charge in [-0.25, -0.2) is 4.98 Å². The van der Waals surface area contributed by atoms with Crippen LogP contribution in [0.4, 0.5) is 5.82 Å². The summed E-state index contributed by atoms with van der Waals surface area (Å²) in [5.74, 6) is 1.88. The summed E-state index contributed by atoms with van der Waals surface area (Å²) in [6, 6.07) is 4.53. The molecule has 1 aliphatic carbocycles. The number of hydrogen-bond donors (Lipinski definition) is 1. The summed E-state index contributed by atoms with van der Waals surface area (Å²) in [4.78, 5) is 7.17. The van der Waals surface area contributed by atoms with E-state index in [1.165, 1.54) is 12.8 Å². The van der Waals surface area contributed by atoms with Gasteiger partial charge in [-0.15, -0.1) is 0 Å². The maximum atomic E-state index is 9.42. The maximum Gasteiger partial charge on any atom is 0.129 e. The van der Waals surface area contributed by atoms with Gasteiger partial charge in [0.05, 0.1) is 6.61 Å². The third-order valence-corrected chi connectivity index (χ3v) is 3.68. The fourth-order valence-electron chi connectivity index (χ4n) is 2.40. The van der Waals surface area contributed by atoms with Gasteiger partial charge in [0.15, 0.2) is 0 Å². The van der Waals surface area contributed by atoms with E-state index in [1.807, 2.05) is 12.1 Å². The first kappa shape index (κ1) is 14.3. The van der Waals surface area contributed by atoms with E-state index >= 15 is 0 Å². The summed E-state index contributed by atoms with van der Waals surface area (Å²) in [7, 11) is 0. The lowest BCUT2D eigenvalue weighted by Crippen LogP contribution is -2.33. The van der Waals surface area contributed by atoms with E-state index in [9.17, 15) is 5.11 Å². The van der Waals surface area contributed by atoms with E-state index in [4.69, 9.17) is 4.98 Å². The molecule has 1 aromatic rings. The molecule has 1 aromatic heterocycles. The third kappa shape index (κ3) is 3.93. The monoisotopic (exact) mass is 262 g/mol. The minimum Gasteiger partial charge on any atom is -0.392 e. The average molecular weight is 262 g/mol. The molecule has 106 valence electrons. The van der Waals surface area contributed by atoms with Crippen LogP contribution in [0.3, 0.4) is 0 Å². The van der Waals surface area contributed by atoms with Gasteiger partial charge >= 0.3 is 0 Å². The Morgan fingerprint density at radius 3 is 2.63 bits per heavy atom.